The van der Waals surface area contributed by atoms with Crippen LogP contribution in [-0.4, -0.2) is 45.8 Å². The first-order valence-corrected chi connectivity index (χ1v) is 7.64. The van der Waals surface area contributed by atoms with Crippen molar-refractivity contribution in [3.63, 3.8) is 0 Å². The number of fused-ring (bicyclic) bond motifs is 1. The summed E-state index contributed by atoms with van der Waals surface area (Å²) in [5.74, 6) is 3.90. The fourth-order valence-electron chi connectivity index (χ4n) is 3.21. The van der Waals surface area contributed by atoms with Gasteiger partial charge in [-0.05, 0) is 25.2 Å². The second-order valence-corrected chi connectivity index (χ2v) is 5.88. The Morgan fingerprint density at radius 1 is 1.35 bits per heavy atom. The summed E-state index contributed by atoms with van der Waals surface area (Å²) in [6.45, 7) is 6.27. The monoisotopic (exact) mass is 276 g/mol. The van der Waals surface area contributed by atoms with E-state index in [0.29, 0.717) is 6.54 Å². The lowest BCUT2D eigenvalue weighted by Gasteiger charge is -2.33. The second kappa shape index (κ2) is 5.81. The maximum atomic E-state index is 4.41. The summed E-state index contributed by atoms with van der Waals surface area (Å²) >= 11 is 0. The Bertz CT molecular complexity index is 492. The third kappa shape index (κ3) is 2.64. The van der Waals surface area contributed by atoms with Crippen LogP contribution in [-0.2, 0) is 19.5 Å². The standard InChI is InChI=1S/C14H24N6/c1-11-5-3-7-19(10-11)14(15-2)16-9-13-18-17-12-6-4-8-20(12)13/h11H,3-10H2,1-2H3,(H,15,16). The molecule has 0 aliphatic carbocycles. The molecule has 0 radical (unpaired) electrons. The predicted octanol–water partition coefficient (Wildman–Crippen LogP) is 1.03. The van der Waals surface area contributed by atoms with Crippen LogP contribution in [0.1, 0.15) is 37.8 Å². The molecule has 2 aliphatic heterocycles. The molecule has 3 heterocycles. The van der Waals surface area contributed by atoms with Gasteiger partial charge in [0.2, 0.25) is 0 Å². The van der Waals surface area contributed by atoms with Crippen LogP contribution in [0.15, 0.2) is 4.99 Å². The second-order valence-electron chi connectivity index (χ2n) is 5.88. The van der Waals surface area contributed by atoms with Gasteiger partial charge in [-0.25, -0.2) is 0 Å². The number of nitrogens with one attached hydrogen (secondary N) is 1. The fraction of sp³-hybridized carbons (Fsp3) is 0.786. The van der Waals surface area contributed by atoms with Gasteiger partial charge in [-0.2, -0.15) is 0 Å². The van der Waals surface area contributed by atoms with E-state index in [-0.39, 0.29) is 0 Å². The number of nitrogens with zero attached hydrogens (tertiary/aromatic N) is 5. The Kier molecular flexibility index (Phi) is 3.89. The number of aryl methyl sites for hydroxylation is 1. The third-order valence-electron chi connectivity index (χ3n) is 4.26. The quantitative estimate of drug-likeness (QED) is 0.647. The minimum Gasteiger partial charge on any atom is -0.349 e. The molecule has 6 heteroatoms. The van der Waals surface area contributed by atoms with Gasteiger partial charge in [-0.15, -0.1) is 10.2 Å². The smallest absolute Gasteiger partial charge is 0.194 e. The van der Waals surface area contributed by atoms with Crippen molar-refractivity contribution in [3.05, 3.63) is 11.6 Å². The van der Waals surface area contributed by atoms with Crippen molar-refractivity contribution in [1.29, 1.82) is 0 Å². The highest BCUT2D eigenvalue weighted by Crippen LogP contribution is 2.16. The van der Waals surface area contributed by atoms with Gasteiger partial charge in [0.15, 0.2) is 11.8 Å². The number of likely N-dealkylation sites (tertiary alicyclic amines) is 1. The van der Waals surface area contributed by atoms with Crippen molar-refractivity contribution in [2.24, 2.45) is 10.9 Å². The minimum atomic E-state index is 0.713. The molecule has 0 spiro atoms. The summed E-state index contributed by atoms with van der Waals surface area (Å²) in [6, 6.07) is 0. The number of guanidine groups is 1. The van der Waals surface area contributed by atoms with E-state index < -0.39 is 0 Å². The Hall–Kier alpha value is -1.59. The van der Waals surface area contributed by atoms with Crippen molar-refractivity contribution in [1.82, 2.24) is 25.0 Å². The molecule has 6 nitrogen and oxygen atoms in total. The molecule has 1 aromatic rings. The molecule has 1 fully saturated rings. The number of hydrogen-bond donors (Lipinski definition) is 1. The predicted molar refractivity (Wildman–Crippen MR) is 78.5 cm³/mol. The van der Waals surface area contributed by atoms with E-state index in [0.717, 1.165) is 49.6 Å². The number of hydrogen-bond acceptors (Lipinski definition) is 3. The Balaban J connectivity index is 1.61. The molecule has 0 bridgehead atoms. The number of aromatic nitrogens is 3. The van der Waals surface area contributed by atoms with Crippen molar-refractivity contribution in [2.45, 2.75) is 45.7 Å². The van der Waals surface area contributed by atoms with Crippen molar-refractivity contribution in [3.8, 4) is 0 Å². The van der Waals surface area contributed by atoms with Gasteiger partial charge < -0.3 is 14.8 Å². The first-order chi connectivity index (χ1) is 9.78. The van der Waals surface area contributed by atoms with E-state index in [4.69, 9.17) is 0 Å². The minimum absolute atomic E-state index is 0.713. The van der Waals surface area contributed by atoms with Crippen LogP contribution in [0.25, 0.3) is 0 Å². The van der Waals surface area contributed by atoms with Crippen molar-refractivity contribution >= 4 is 5.96 Å². The lowest BCUT2D eigenvalue weighted by Crippen LogP contribution is -2.46. The van der Waals surface area contributed by atoms with Crippen molar-refractivity contribution in [2.75, 3.05) is 20.1 Å². The first kappa shape index (κ1) is 13.4. The molecule has 1 atom stereocenters. The summed E-state index contributed by atoms with van der Waals surface area (Å²) in [6.07, 6.45) is 4.83. The molecule has 1 N–H and O–H groups in total. The zero-order valence-corrected chi connectivity index (χ0v) is 12.5. The number of rotatable bonds is 2. The normalized spacial score (nSPS) is 23.0. The maximum Gasteiger partial charge on any atom is 0.194 e. The van der Waals surface area contributed by atoms with Gasteiger partial charge in [0.25, 0.3) is 0 Å². The zero-order chi connectivity index (χ0) is 13.9. The molecular formula is C14H24N6. The summed E-state index contributed by atoms with van der Waals surface area (Å²) in [5.41, 5.74) is 0. The Morgan fingerprint density at radius 3 is 3.05 bits per heavy atom. The molecule has 2 aliphatic rings. The van der Waals surface area contributed by atoms with Crippen LogP contribution in [0.5, 0.6) is 0 Å². The Morgan fingerprint density at radius 2 is 2.25 bits per heavy atom. The molecule has 110 valence electrons. The van der Waals surface area contributed by atoms with Crippen LogP contribution in [0, 0.1) is 5.92 Å². The van der Waals surface area contributed by atoms with Crippen LogP contribution in [0.4, 0.5) is 0 Å². The highest BCUT2D eigenvalue weighted by molar-refractivity contribution is 5.79. The van der Waals surface area contributed by atoms with E-state index in [1.807, 2.05) is 7.05 Å². The molecule has 0 saturated carbocycles. The lowest BCUT2D eigenvalue weighted by molar-refractivity contribution is 0.265. The van der Waals surface area contributed by atoms with Crippen molar-refractivity contribution < 1.29 is 0 Å². The van der Waals surface area contributed by atoms with Gasteiger partial charge in [0.1, 0.15) is 5.82 Å². The lowest BCUT2D eigenvalue weighted by atomic mass is 10.0. The first-order valence-electron chi connectivity index (χ1n) is 7.64. The summed E-state index contributed by atoms with van der Waals surface area (Å²) in [4.78, 5) is 6.77. The largest absolute Gasteiger partial charge is 0.349 e. The van der Waals surface area contributed by atoms with E-state index in [1.54, 1.807) is 0 Å². The molecular weight excluding hydrogens is 252 g/mol. The molecule has 0 aromatic carbocycles. The van der Waals surface area contributed by atoms with Crippen LogP contribution in [0.2, 0.25) is 0 Å². The average molecular weight is 276 g/mol. The fourth-order valence-corrected chi connectivity index (χ4v) is 3.21. The van der Waals surface area contributed by atoms with Gasteiger partial charge in [-0.3, -0.25) is 4.99 Å². The van der Waals surface area contributed by atoms with Gasteiger partial charge in [0.05, 0.1) is 6.54 Å². The zero-order valence-electron chi connectivity index (χ0n) is 12.5. The third-order valence-corrected chi connectivity index (χ3v) is 4.26. The van der Waals surface area contributed by atoms with E-state index in [1.165, 1.54) is 19.3 Å². The summed E-state index contributed by atoms with van der Waals surface area (Å²) in [7, 11) is 1.86. The highest BCUT2D eigenvalue weighted by atomic mass is 15.3. The van der Waals surface area contributed by atoms with Crippen LogP contribution < -0.4 is 5.32 Å². The molecule has 1 aromatic heterocycles. The molecule has 1 unspecified atom stereocenters. The molecule has 20 heavy (non-hydrogen) atoms. The average Bonchev–Trinajstić information content (AvgIpc) is 3.04. The van der Waals surface area contributed by atoms with E-state index >= 15 is 0 Å². The van der Waals surface area contributed by atoms with E-state index in [9.17, 15) is 0 Å². The van der Waals surface area contributed by atoms with Gasteiger partial charge in [0, 0.05) is 33.1 Å². The maximum absolute atomic E-state index is 4.41. The number of aliphatic imine (C=N–C) groups is 1. The molecule has 3 rings (SSSR count). The van der Waals surface area contributed by atoms with Crippen LogP contribution >= 0.6 is 0 Å². The SMILES string of the molecule is CN=C(NCc1nnc2n1CCC2)N1CCCC(C)C1. The molecule has 1 saturated heterocycles. The highest BCUT2D eigenvalue weighted by Gasteiger charge is 2.21. The number of piperidine rings is 1. The van der Waals surface area contributed by atoms with Gasteiger partial charge in [-0.1, -0.05) is 6.92 Å². The molecule has 0 amide bonds. The van der Waals surface area contributed by atoms with Gasteiger partial charge >= 0.3 is 0 Å². The Labute approximate surface area is 120 Å². The summed E-state index contributed by atoms with van der Waals surface area (Å²) < 4.78 is 2.24. The van der Waals surface area contributed by atoms with E-state index in [2.05, 4.69) is 36.9 Å². The summed E-state index contributed by atoms with van der Waals surface area (Å²) in [5, 5.41) is 12.0. The topological polar surface area (TPSA) is 58.3 Å². The van der Waals surface area contributed by atoms with Crippen LogP contribution in [0.3, 0.4) is 0 Å².